The molecule has 0 atom stereocenters. The first-order valence-electron chi connectivity index (χ1n) is 6.78. The number of nitrogens with one attached hydrogen (secondary N) is 1. The third-order valence-corrected chi connectivity index (χ3v) is 3.05. The van der Waals surface area contributed by atoms with Crippen LogP contribution in [0.4, 0.5) is 11.5 Å². The number of ether oxygens (including phenoxy) is 1. The molecule has 0 unspecified atom stereocenters. The molecule has 0 aliphatic rings. The molecule has 21 heavy (non-hydrogen) atoms. The molecule has 0 spiro atoms. The van der Waals surface area contributed by atoms with Gasteiger partial charge in [0.05, 0.1) is 12.3 Å². The molecule has 0 saturated carbocycles. The van der Waals surface area contributed by atoms with Crippen LogP contribution in [-0.2, 0) is 0 Å². The highest BCUT2D eigenvalue weighted by Crippen LogP contribution is 2.27. The molecule has 6 heteroatoms. The topological polar surface area (TPSA) is 73.1 Å². The predicted molar refractivity (Wildman–Crippen MR) is 80.0 cm³/mol. The van der Waals surface area contributed by atoms with Gasteiger partial charge < -0.3 is 14.6 Å². The summed E-state index contributed by atoms with van der Waals surface area (Å²) in [6.45, 7) is 6.30. The molecular formula is C15H16N4O2. The Bertz CT molecular complexity index is 765. The minimum atomic E-state index is 0.494. The molecule has 0 saturated heterocycles. The average Bonchev–Trinajstić information content (AvgIpc) is 2.83. The highest BCUT2D eigenvalue weighted by Gasteiger charge is 2.13. The summed E-state index contributed by atoms with van der Waals surface area (Å²) in [5.41, 5.74) is 2.17. The summed E-state index contributed by atoms with van der Waals surface area (Å²) in [4.78, 5) is 8.67. The van der Waals surface area contributed by atoms with Crippen molar-refractivity contribution in [3.63, 3.8) is 0 Å². The molecule has 6 nitrogen and oxygen atoms in total. The lowest BCUT2D eigenvalue weighted by atomic mass is 10.2. The van der Waals surface area contributed by atoms with E-state index in [1.165, 1.54) is 0 Å². The minimum absolute atomic E-state index is 0.494. The highest BCUT2D eigenvalue weighted by atomic mass is 16.5. The summed E-state index contributed by atoms with van der Waals surface area (Å²) in [5, 5.41) is 8.02. The number of hydrogen-bond donors (Lipinski definition) is 1. The summed E-state index contributed by atoms with van der Waals surface area (Å²) in [5.74, 6) is 2.17. The SMILES string of the molecule is CCOc1ccc(Nc2nc(C)nc3onc(C)c23)cc1. The van der Waals surface area contributed by atoms with Gasteiger partial charge in [-0.2, -0.15) is 4.98 Å². The first kappa shape index (κ1) is 13.4. The fraction of sp³-hybridized carbons (Fsp3) is 0.267. The van der Waals surface area contributed by atoms with Crippen molar-refractivity contribution in [3.05, 3.63) is 35.8 Å². The van der Waals surface area contributed by atoms with Gasteiger partial charge in [-0.1, -0.05) is 5.16 Å². The molecule has 0 radical (unpaired) electrons. The maximum absolute atomic E-state index is 5.43. The molecule has 3 rings (SSSR count). The Morgan fingerprint density at radius 3 is 2.62 bits per heavy atom. The Kier molecular flexibility index (Phi) is 3.43. The van der Waals surface area contributed by atoms with Gasteiger partial charge in [0.15, 0.2) is 0 Å². The van der Waals surface area contributed by atoms with Crippen molar-refractivity contribution in [1.82, 2.24) is 15.1 Å². The van der Waals surface area contributed by atoms with Crippen molar-refractivity contribution in [1.29, 1.82) is 0 Å². The van der Waals surface area contributed by atoms with E-state index >= 15 is 0 Å². The summed E-state index contributed by atoms with van der Waals surface area (Å²) in [6, 6.07) is 7.71. The smallest absolute Gasteiger partial charge is 0.263 e. The average molecular weight is 284 g/mol. The molecule has 3 aromatic rings. The Labute approximate surface area is 122 Å². The van der Waals surface area contributed by atoms with Gasteiger partial charge in [-0.25, -0.2) is 4.98 Å². The summed E-state index contributed by atoms with van der Waals surface area (Å²) in [6.07, 6.45) is 0. The van der Waals surface area contributed by atoms with Crippen molar-refractivity contribution >= 4 is 22.6 Å². The first-order chi connectivity index (χ1) is 10.2. The van der Waals surface area contributed by atoms with Gasteiger partial charge in [-0.05, 0) is 45.0 Å². The number of hydrogen-bond acceptors (Lipinski definition) is 6. The van der Waals surface area contributed by atoms with Crippen LogP contribution in [0.15, 0.2) is 28.8 Å². The zero-order valence-electron chi connectivity index (χ0n) is 12.2. The fourth-order valence-corrected chi connectivity index (χ4v) is 2.12. The summed E-state index contributed by atoms with van der Waals surface area (Å²) >= 11 is 0. The third kappa shape index (κ3) is 2.65. The minimum Gasteiger partial charge on any atom is -0.494 e. The lowest BCUT2D eigenvalue weighted by molar-refractivity contribution is 0.340. The molecule has 0 aliphatic carbocycles. The first-order valence-corrected chi connectivity index (χ1v) is 6.78. The van der Waals surface area contributed by atoms with Gasteiger partial charge in [0.2, 0.25) is 0 Å². The highest BCUT2D eigenvalue weighted by molar-refractivity contribution is 5.89. The molecule has 2 heterocycles. The Hall–Kier alpha value is -2.63. The van der Waals surface area contributed by atoms with Crippen LogP contribution in [0.2, 0.25) is 0 Å². The van der Waals surface area contributed by atoms with Crippen LogP contribution in [0.3, 0.4) is 0 Å². The van der Waals surface area contributed by atoms with Crippen LogP contribution in [-0.4, -0.2) is 21.7 Å². The maximum Gasteiger partial charge on any atom is 0.263 e. The van der Waals surface area contributed by atoms with Crippen molar-refractivity contribution in [2.45, 2.75) is 20.8 Å². The Morgan fingerprint density at radius 1 is 1.14 bits per heavy atom. The van der Waals surface area contributed by atoms with E-state index < -0.39 is 0 Å². The second-order valence-corrected chi connectivity index (χ2v) is 4.65. The van der Waals surface area contributed by atoms with Crippen LogP contribution in [0.25, 0.3) is 11.1 Å². The molecular weight excluding hydrogens is 268 g/mol. The normalized spacial score (nSPS) is 10.8. The predicted octanol–water partition coefficient (Wildman–Crippen LogP) is 3.38. The maximum atomic E-state index is 5.43. The molecule has 2 aromatic heterocycles. The van der Waals surface area contributed by atoms with Crippen LogP contribution < -0.4 is 10.1 Å². The van der Waals surface area contributed by atoms with E-state index in [1.807, 2.05) is 45.0 Å². The monoisotopic (exact) mass is 284 g/mol. The molecule has 0 amide bonds. The largest absolute Gasteiger partial charge is 0.494 e. The fourth-order valence-electron chi connectivity index (χ4n) is 2.12. The van der Waals surface area contributed by atoms with Crippen molar-refractivity contribution in [2.75, 3.05) is 11.9 Å². The summed E-state index contributed by atoms with van der Waals surface area (Å²) in [7, 11) is 0. The number of rotatable bonds is 4. The number of benzene rings is 1. The van der Waals surface area contributed by atoms with Gasteiger partial charge in [0.1, 0.15) is 22.8 Å². The molecule has 108 valence electrons. The second kappa shape index (κ2) is 5.40. The van der Waals surface area contributed by atoms with Gasteiger partial charge in [0.25, 0.3) is 5.71 Å². The number of anilines is 2. The standard InChI is InChI=1S/C15H16N4O2/c1-4-20-12-7-5-11(6-8-12)18-14-13-9(2)19-21-15(13)17-10(3)16-14/h5-8H,4H2,1-3H3,(H,16,17,18). The van der Waals surface area contributed by atoms with E-state index in [0.717, 1.165) is 22.5 Å². The van der Waals surface area contributed by atoms with E-state index in [9.17, 15) is 0 Å². The van der Waals surface area contributed by atoms with Crippen LogP contribution in [0.1, 0.15) is 18.4 Å². The van der Waals surface area contributed by atoms with Crippen LogP contribution >= 0.6 is 0 Å². The molecule has 1 aromatic carbocycles. The molecule has 0 fully saturated rings. The number of nitrogens with zero attached hydrogens (tertiary/aromatic N) is 3. The molecule has 0 bridgehead atoms. The zero-order valence-corrected chi connectivity index (χ0v) is 12.2. The Balaban J connectivity index is 1.95. The van der Waals surface area contributed by atoms with E-state index in [1.54, 1.807) is 0 Å². The summed E-state index contributed by atoms with van der Waals surface area (Å²) < 4.78 is 10.6. The van der Waals surface area contributed by atoms with Crippen molar-refractivity contribution < 1.29 is 9.26 Å². The van der Waals surface area contributed by atoms with Crippen LogP contribution in [0, 0.1) is 13.8 Å². The van der Waals surface area contributed by atoms with Gasteiger partial charge in [-0.3, -0.25) is 0 Å². The van der Waals surface area contributed by atoms with Crippen molar-refractivity contribution in [2.24, 2.45) is 0 Å². The lowest BCUT2D eigenvalue weighted by Crippen LogP contribution is -1.99. The molecule has 1 N–H and O–H groups in total. The lowest BCUT2D eigenvalue weighted by Gasteiger charge is -2.08. The Morgan fingerprint density at radius 2 is 1.90 bits per heavy atom. The number of aryl methyl sites for hydroxylation is 2. The van der Waals surface area contributed by atoms with Gasteiger partial charge in [-0.15, -0.1) is 0 Å². The van der Waals surface area contributed by atoms with Crippen LogP contribution in [0.5, 0.6) is 5.75 Å². The van der Waals surface area contributed by atoms with Gasteiger partial charge >= 0.3 is 0 Å². The third-order valence-electron chi connectivity index (χ3n) is 3.05. The van der Waals surface area contributed by atoms with E-state index in [4.69, 9.17) is 9.26 Å². The van der Waals surface area contributed by atoms with E-state index in [0.29, 0.717) is 24.0 Å². The van der Waals surface area contributed by atoms with E-state index in [2.05, 4.69) is 20.4 Å². The number of aromatic nitrogens is 3. The van der Waals surface area contributed by atoms with Crippen molar-refractivity contribution in [3.8, 4) is 5.75 Å². The quantitative estimate of drug-likeness (QED) is 0.791. The van der Waals surface area contributed by atoms with E-state index in [-0.39, 0.29) is 0 Å². The zero-order chi connectivity index (χ0) is 14.8. The molecule has 0 aliphatic heterocycles. The number of fused-ring (bicyclic) bond motifs is 1. The van der Waals surface area contributed by atoms with Gasteiger partial charge in [0, 0.05) is 5.69 Å². The second-order valence-electron chi connectivity index (χ2n) is 4.65.